The molecule has 0 saturated carbocycles. The second kappa shape index (κ2) is 5.32. The van der Waals surface area contributed by atoms with E-state index in [1.165, 1.54) is 0 Å². The van der Waals surface area contributed by atoms with Crippen molar-refractivity contribution in [2.45, 2.75) is 19.4 Å². The van der Waals surface area contributed by atoms with Crippen LogP contribution in [0.1, 0.15) is 24.9 Å². The first-order valence-electron chi connectivity index (χ1n) is 5.82. The van der Waals surface area contributed by atoms with Gasteiger partial charge in [0.05, 0.1) is 13.2 Å². The average molecular weight is 221 g/mol. The van der Waals surface area contributed by atoms with E-state index in [-0.39, 0.29) is 6.04 Å². The quantitative estimate of drug-likeness (QED) is 0.847. The van der Waals surface area contributed by atoms with Crippen LogP contribution >= 0.6 is 0 Å². The smallest absolute Gasteiger partial charge is 0.119 e. The number of ether oxygens (including phenoxy) is 2. The zero-order valence-corrected chi connectivity index (χ0v) is 9.69. The number of hydrogen-bond acceptors (Lipinski definition) is 3. The summed E-state index contributed by atoms with van der Waals surface area (Å²) in [5.41, 5.74) is 6.94. The van der Waals surface area contributed by atoms with Gasteiger partial charge in [-0.15, -0.1) is 0 Å². The van der Waals surface area contributed by atoms with Crippen molar-refractivity contribution in [2.75, 3.05) is 19.8 Å². The van der Waals surface area contributed by atoms with Crippen LogP contribution < -0.4 is 10.5 Å². The molecule has 0 bridgehead atoms. The van der Waals surface area contributed by atoms with Crippen molar-refractivity contribution in [2.24, 2.45) is 11.7 Å². The summed E-state index contributed by atoms with van der Waals surface area (Å²) >= 11 is 0. The lowest BCUT2D eigenvalue weighted by Gasteiger charge is -2.12. The van der Waals surface area contributed by atoms with Gasteiger partial charge in [0.25, 0.3) is 0 Å². The molecule has 0 aliphatic carbocycles. The van der Waals surface area contributed by atoms with Crippen LogP contribution in [0, 0.1) is 5.92 Å². The minimum absolute atomic E-state index is 0.0540. The normalized spacial score (nSPS) is 22.0. The molecule has 2 N–H and O–H groups in total. The Bertz CT molecular complexity index is 332. The van der Waals surface area contributed by atoms with Crippen LogP contribution in [0.3, 0.4) is 0 Å². The predicted molar refractivity (Wildman–Crippen MR) is 63.5 cm³/mol. The molecule has 1 saturated heterocycles. The molecule has 3 nitrogen and oxygen atoms in total. The summed E-state index contributed by atoms with van der Waals surface area (Å²) in [5.74, 6) is 1.45. The van der Waals surface area contributed by atoms with E-state index in [9.17, 15) is 0 Å². The Morgan fingerprint density at radius 2 is 2.44 bits per heavy atom. The van der Waals surface area contributed by atoms with Crippen molar-refractivity contribution in [1.29, 1.82) is 0 Å². The van der Waals surface area contributed by atoms with Crippen molar-refractivity contribution in [3.05, 3.63) is 29.8 Å². The summed E-state index contributed by atoms with van der Waals surface area (Å²) in [6.07, 6.45) is 1.10. The SMILES string of the molecule is CC(N)c1cccc(OCC2CCOC2)c1. The Balaban J connectivity index is 1.90. The summed E-state index contributed by atoms with van der Waals surface area (Å²) in [7, 11) is 0. The second-order valence-corrected chi connectivity index (χ2v) is 4.40. The van der Waals surface area contributed by atoms with Gasteiger partial charge < -0.3 is 15.2 Å². The van der Waals surface area contributed by atoms with E-state index < -0.39 is 0 Å². The molecule has 3 heteroatoms. The molecular formula is C13H19NO2. The van der Waals surface area contributed by atoms with Gasteiger partial charge in [0.1, 0.15) is 5.75 Å². The minimum atomic E-state index is 0.0540. The number of rotatable bonds is 4. The zero-order chi connectivity index (χ0) is 11.4. The Morgan fingerprint density at radius 3 is 3.12 bits per heavy atom. The molecule has 1 aromatic carbocycles. The van der Waals surface area contributed by atoms with Gasteiger partial charge in [-0.25, -0.2) is 0 Å². The first-order valence-corrected chi connectivity index (χ1v) is 5.82. The summed E-state index contributed by atoms with van der Waals surface area (Å²) in [6, 6.07) is 8.05. The van der Waals surface area contributed by atoms with Crippen molar-refractivity contribution >= 4 is 0 Å². The molecule has 0 radical (unpaired) electrons. The maximum absolute atomic E-state index is 5.83. The van der Waals surface area contributed by atoms with Crippen LogP contribution in [0.5, 0.6) is 5.75 Å². The minimum Gasteiger partial charge on any atom is -0.493 e. The molecule has 0 spiro atoms. The van der Waals surface area contributed by atoms with Gasteiger partial charge in [0.2, 0.25) is 0 Å². The molecule has 16 heavy (non-hydrogen) atoms. The van der Waals surface area contributed by atoms with E-state index in [1.54, 1.807) is 0 Å². The van der Waals surface area contributed by atoms with E-state index in [4.69, 9.17) is 15.2 Å². The van der Waals surface area contributed by atoms with Crippen LogP contribution in [-0.4, -0.2) is 19.8 Å². The Morgan fingerprint density at radius 1 is 1.56 bits per heavy atom. The molecule has 0 aromatic heterocycles. The highest BCUT2D eigenvalue weighted by Crippen LogP contribution is 2.19. The fourth-order valence-corrected chi connectivity index (χ4v) is 1.82. The highest BCUT2D eigenvalue weighted by Gasteiger charge is 2.16. The Labute approximate surface area is 96.5 Å². The molecule has 2 atom stereocenters. The Hall–Kier alpha value is -1.06. The summed E-state index contributed by atoms with van der Waals surface area (Å²) in [5, 5.41) is 0. The highest BCUT2D eigenvalue weighted by atomic mass is 16.5. The van der Waals surface area contributed by atoms with Gasteiger partial charge in [-0.1, -0.05) is 12.1 Å². The lowest BCUT2D eigenvalue weighted by atomic mass is 10.1. The molecule has 1 aliphatic rings. The third-order valence-electron chi connectivity index (χ3n) is 2.89. The van der Waals surface area contributed by atoms with E-state index >= 15 is 0 Å². The number of benzene rings is 1. The molecule has 1 aromatic rings. The monoisotopic (exact) mass is 221 g/mol. The molecule has 1 heterocycles. The molecule has 1 fully saturated rings. The van der Waals surface area contributed by atoms with Crippen LogP contribution in [0.15, 0.2) is 24.3 Å². The van der Waals surface area contributed by atoms with E-state index in [1.807, 2.05) is 31.2 Å². The molecule has 1 aliphatic heterocycles. The summed E-state index contributed by atoms with van der Waals surface area (Å²) < 4.78 is 11.1. The molecule has 0 amide bonds. The third-order valence-corrected chi connectivity index (χ3v) is 2.89. The van der Waals surface area contributed by atoms with Crippen LogP contribution in [0.25, 0.3) is 0 Å². The largest absolute Gasteiger partial charge is 0.493 e. The van der Waals surface area contributed by atoms with Gasteiger partial charge in [-0.3, -0.25) is 0 Å². The molecule has 2 rings (SSSR count). The lowest BCUT2D eigenvalue weighted by molar-refractivity contribution is 0.167. The summed E-state index contributed by atoms with van der Waals surface area (Å²) in [6.45, 7) is 4.41. The van der Waals surface area contributed by atoms with E-state index in [0.717, 1.165) is 37.6 Å². The zero-order valence-electron chi connectivity index (χ0n) is 9.69. The maximum Gasteiger partial charge on any atom is 0.119 e. The van der Waals surface area contributed by atoms with E-state index in [0.29, 0.717) is 5.92 Å². The van der Waals surface area contributed by atoms with Gasteiger partial charge in [0.15, 0.2) is 0 Å². The van der Waals surface area contributed by atoms with Gasteiger partial charge in [0, 0.05) is 18.6 Å². The van der Waals surface area contributed by atoms with Crippen molar-refractivity contribution in [3.8, 4) is 5.75 Å². The molecule has 2 unspecified atom stereocenters. The Kier molecular flexibility index (Phi) is 3.80. The van der Waals surface area contributed by atoms with Crippen LogP contribution in [0.2, 0.25) is 0 Å². The van der Waals surface area contributed by atoms with Crippen molar-refractivity contribution in [3.63, 3.8) is 0 Å². The van der Waals surface area contributed by atoms with Crippen molar-refractivity contribution < 1.29 is 9.47 Å². The van der Waals surface area contributed by atoms with Gasteiger partial charge in [-0.05, 0) is 31.0 Å². The van der Waals surface area contributed by atoms with E-state index in [2.05, 4.69) is 0 Å². The van der Waals surface area contributed by atoms with Crippen LogP contribution in [-0.2, 0) is 4.74 Å². The first-order chi connectivity index (χ1) is 7.75. The lowest BCUT2D eigenvalue weighted by Crippen LogP contribution is -2.12. The number of nitrogens with two attached hydrogens (primary N) is 1. The number of hydrogen-bond donors (Lipinski definition) is 1. The maximum atomic E-state index is 5.83. The molecule has 88 valence electrons. The molecular weight excluding hydrogens is 202 g/mol. The second-order valence-electron chi connectivity index (χ2n) is 4.40. The van der Waals surface area contributed by atoms with Crippen molar-refractivity contribution in [1.82, 2.24) is 0 Å². The standard InChI is InChI=1S/C13H19NO2/c1-10(14)12-3-2-4-13(7-12)16-9-11-5-6-15-8-11/h2-4,7,10-11H,5-6,8-9,14H2,1H3. The third kappa shape index (κ3) is 2.97. The summed E-state index contributed by atoms with van der Waals surface area (Å²) in [4.78, 5) is 0. The van der Waals surface area contributed by atoms with Crippen LogP contribution in [0.4, 0.5) is 0 Å². The van der Waals surface area contributed by atoms with Gasteiger partial charge in [-0.2, -0.15) is 0 Å². The first kappa shape index (κ1) is 11.4. The topological polar surface area (TPSA) is 44.5 Å². The fourth-order valence-electron chi connectivity index (χ4n) is 1.82. The predicted octanol–water partition coefficient (Wildman–Crippen LogP) is 2.12. The average Bonchev–Trinajstić information content (AvgIpc) is 2.79. The highest BCUT2D eigenvalue weighted by molar-refractivity contribution is 5.30. The van der Waals surface area contributed by atoms with Gasteiger partial charge >= 0.3 is 0 Å². The fraction of sp³-hybridized carbons (Fsp3) is 0.538.